The zero-order valence-corrected chi connectivity index (χ0v) is 9.60. The zero-order valence-electron chi connectivity index (χ0n) is 9.60. The molecule has 0 spiro atoms. The van der Waals surface area contributed by atoms with Crippen LogP contribution in [0.15, 0.2) is 18.7 Å². The van der Waals surface area contributed by atoms with E-state index in [1.807, 2.05) is 12.4 Å². The Bertz CT molecular complexity index is 262. The summed E-state index contributed by atoms with van der Waals surface area (Å²) in [6.45, 7) is 5.10. The second-order valence-corrected chi connectivity index (χ2v) is 3.39. The van der Waals surface area contributed by atoms with Gasteiger partial charge in [0.2, 0.25) is 0 Å². The zero-order chi connectivity index (χ0) is 11.1. The minimum Gasteiger partial charge on any atom is -0.379 e. The van der Waals surface area contributed by atoms with E-state index in [2.05, 4.69) is 29.1 Å². The van der Waals surface area contributed by atoms with Gasteiger partial charge in [-0.2, -0.15) is 0 Å². The van der Waals surface area contributed by atoms with Crippen molar-refractivity contribution in [3.8, 4) is 0 Å². The molecule has 0 aliphatic heterocycles. The standard InChI is InChI=1S/C11H19N3O/c1-4-10(15-3)11(14-5-2)9-6-12-8-13-7-9/h6-8,10-11,14H,4-5H2,1-3H3. The van der Waals surface area contributed by atoms with Crippen molar-refractivity contribution in [1.29, 1.82) is 0 Å². The number of likely N-dealkylation sites (N-methyl/N-ethyl adjacent to an activating group) is 1. The number of hydrogen-bond acceptors (Lipinski definition) is 4. The van der Waals surface area contributed by atoms with Gasteiger partial charge in [-0.3, -0.25) is 0 Å². The van der Waals surface area contributed by atoms with Crippen LogP contribution in [0, 0.1) is 0 Å². The maximum absolute atomic E-state index is 5.45. The van der Waals surface area contributed by atoms with Crippen LogP contribution in [0.25, 0.3) is 0 Å². The maximum Gasteiger partial charge on any atom is 0.115 e. The van der Waals surface area contributed by atoms with Crippen LogP contribution in [0.1, 0.15) is 31.9 Å². The van der Waals surface area contributed by atoms with Crippen molar-refractivity contribution in [2.45, 2.75) is 32.4 Å². The van der Waals surface area contributed by atoms with Gasteiger partial charge < -0.3 is 10.1 Å². The van der Waals surface area contributed by atoms with Crippen LogP contribution >= 0.6 is 0 Å². The molecule has 1 aromatic rings. The molecule has 2 unspecified atom stereocenters. The second-order valence-electron chi connectivity index (χ2n) is 3.39. The van der Waals surface area contributed by atoms with E-state index in [1.54, 1.807) is 13.4 Å². The van der Waals surface area contributed by atoms with Crippen LogP contribution in [0.4, 0.5) is 0 Å². The summed E-state index contributed by atoms with van der Waals surface area (Å²) in [7, 11) is 1.74. The van der Waals surface area contributed by atoms with Crippen LogP contribution in [0.2, 0.25) is 0 Å². The fourth-order valence-electron chi connectivity index (χ4n) is 1.69. The van der Waals surface area contributed by atoms with E-state index in [4.69, 9.17) is 4.74 Å². The average Bonchev–Trinajstić information content (AvgIpc) is 2.30. The molecule has 0 bridgehead atoms. The number of ether oxygens (including phenoxy) is 1. The lowest BCUT2D eigenvalue weighted by Crippen LogP contribution is -2.33. The van der Waals surface area contributed by atoms with Gasteiger partial charge in [-0.1, -0.05) is 13.8 Å². The number of aromatic nitrogens is 2. The molecule has 84 valence electrons. The molecule has 0 aliphatic rings. The normalized spacial score (nSPS) is 14.9. The van der Waals surface area contributed by atoms with Crippen molar-refractivity contribution in [2.24, 2.45) is 0 Å². The van der Waals surface area contributed by atoms with Crippen molar-refractivity contribution < 1.29 is 4.74 Å². The van der Waals surface area contributed by atoms with Gasteiger partial charge in [-0.25, -0.2) is 9.97 Å². The molecule has 1 N–H and O–H groups in total. The van der Waals surface area contributed by atoms with Gasteiger partial charge in [-0.05, 0) is 13.0 Å². The molecule has 0 aliphatic carbocycles. The van der Waals surface area contributed by atoms with Gasteiger partial charge in [0.05, 0.1) is 12.1 Å². The Balaban J connectivity index is 2.81. The molecular weight excluding hydrogens is 190 g/mol. The summed E-state index contributed by atoms with van der Waals surface area (Å²) in [5.74, 6) is 0. The molecule has 0 aromatic carbocycles. The molecule has 4 heteroatoms. The lowest BCUT2D eigenvalue weighted by molar-refractivity contribution is 0.0654. The Kier molecular flexibility index (Phi) is 5.21. The Morgan fingerprint density at radius 1 is 1.33 bits per heavy atom. The van der Waals surface area contributed by atoms with Crippen LogP contribution in [0.5, 0.6) is 0 Å². The van der Waals surface area contributed by atoms with Crippen LogP contribution in [-0.4, -0.2) is 29.7 Å². The van der Waals surface area contributed by atoms with Crippen molar-refractivity contribution in [1.82, 2.24) is 15.3 Å². The van der Waals surface area contributed by atoms with E-state index in [1.165, 1.54) is 0 Å². The molecule has 1 aromatic heterocycles. The summed E-state index contributed by atoms with van der Waals surface area (Å²) in [6.07, 6.45) is 6.34. The number of methoxy groups -OCH3 is 1. The predicted octanol–water partition coefficient (Wildman–Crippen LogP) is 1.55. The second kappa shape index (κ2) is 6.48. The maximum atomic E-state index is 5.45. The van der Waals surface area contributed by atoms with E-state index in [0.717, 1.165) is 18.5 Å². The Morgan fingerprint density at radius 2 is 2.00 bits per heavy atom. The number of nitrogens with one attached hydrogen (secondary N) is 1. The Hall–Kier alpha value is -1.00. The van der Waals surface area contributed by atoms with Crippen molar-refractivity contribution in [3.63, 3.8) is 0 Å². The highest BCUT2D eigenvalue weighted by atomic mass is 16.5. The first kappa shape index (κ1) is 12.1. The van der Waals surface area contributed by atoms with Gasteiger partial charge in [0.1, 0.15) is 6.33 Å². The quantitative estimate of drug-likeness (QED) is 0.772. The highest BCUT2D eigenvalue weighted by Crippen LogP contribution is 2.19. The smallest absolute Gasteiger partial charge is 0.115 e. The number of rotatable bonds is 6. The predicted molar refractivity (Wildman–Crippen MR) is 59.5 cm³/mol. The molecule has 4 nitrogen and oxygen atoms in total. The first-order valence-electron chi connectivity index (χ1n) is 5.34. The van der Waals surface area contributed by atoms with Gasteiger partial charge in [0.25, 0.3) is 0 Å². The molecule has 0 radical (unpaired) electrons. The number of nitrogens with zero attached hydrogens (tertiary/aromatic N) is 2. The van der Waals surface area contributed by atoms with Crippen molar-refractivity contribution >= 4 is 0 Å². The molecule has 1 heterocycles. The summed E-state index contributed by atoms with van der Waals surface area (Å²) in [6, 6.07) is 0.172. The van der Waals surface area contributed by atoms with Crippen LogP contribution in [-0.2, 0) is 4.74 Å². The van der Waals surface area contributed by atoms with Crippen molar-refractivity contribution in [3.05, 3.63) is 24.3 Å². The Morgan fingerprint density at radius 3 is 2.47 bits per heavy atom. The molecular formula is C11H19N3O. The summed E-state index contributed by atoms with van der Waals surface area (Å²) in [5.41, 5.74) is 1.08. The fourth-order valence-corrected chi connectivity index (χ4v) is 1.69. The molecule has 0 saturated carbocycles. The Labute approximate surface area is 91.1 Å². The minimum absolute atomic E-state index is 0.163. The third-order valence-corrected chi connectivity index (χ3v) is 2.44. The highest BCUT2D eigenvalue weighted by Gasteiger charge is 2.20. The van der Waals surface area contributed by atoms with Crippen LogP contribution < -0.4 is 5.32 Å². The van der Waals surface area contributed by atoms with E-state index in [-0.39, 0.29) is 12.1 Å². The minimum atomic E-state index is 0.163. The summed E-state index contributed by atoms with van der Waals surface area (Å²) in [4.78, 5) is 8.06. The molecule has 0 fully saturated rings. The van der Waals surface area contributed by atoms with Crippen LogP contribution in [0.3, 0.4) is 0 Å². The van der Waals surface area contributed by atoms with E-state index >= 15 is 0 Å². The van der Waals surface area contributed by atoms with Gasteiger partial charge in [0.15, 0.2) is 0 Å². The third kappa shape index (κ3) is 3.25. The molecule has 1 rings (SSSR count). The fraction of sp³-hybridized carbons (Fsp3) is 0.636. The van der Waals surface area contributed by atoms with E-state index in [0.29, 0.717) is 0 Å². The molecule has 15 heavy (non-hydrogen) atoms. The monoisotopic (exact) mass is 209 g/mol. The lowest BCUT2D eigenvalue weighted by Gasteiger charge is -2.25. The lowest BCUT2D eigenvalue weighted by atomic mass is 10.0. The molecule has 2 atom stereocenters. The molecule has 0 amide bonds. The van der Waals surface area contributed by atoms with Gasteiger partial charge >= 0.3 is 0 Å². The van der Waals surface area contributed by atoms with Gasteiger partial charge in [-0.15, -0.1) is 0 Å². The largest absolute Gasteiger partial charge is 0.379 e. The first-order valence-corrected chi connectivity index (χ1v) is 5.34. The summed E-state index contributed by atoms with van der Waals surface area (Å²) in [5, 5.41) is 3.40. The highest BCUT2D eigenvalue weighted by molar-refractivity contribution is 5.11. The molecule has 0 saturated heterocycles. The topological polar surface area (TPSA) is 47.0 Å². The van der Waals surface area contributed by atoms with Crippen molar-refractivity contribution in [2.75, 3.05) is 13.7 Å². The van der Waals surface area contributed by atoms with E-state index < -0.39 is 0 Å². The van der Waals surface area contributed by atoms with Gasteiger partial charge in [0, 0.05) is 25.1 Å². The summed E-state index contributed by atoms with van der Waals surface area (Å²) < 4.78 is 5.45. The van der Waals surface area contributed by atoms with E-state index in [9.17, 15) is 0 Å². The average molecular weight is 209 g/mol. The summed E-state index contributed by atoms with van der Waals surface area (Å²) >= 11 is 0. The first-order chi connectivity index (χ1) is 7.33. The SMILES string of the molecule is CCNC(c1cncnc1)C(CC)OC. The third-order valence-electron chi connectivity index (χ3n) is 2.44. The number of hydrogen-bond donors (Lipinski definition) is 1.